The summed E-state index contributed by atoms with van der Waals surface area (Å²) in [4.78, 5) is 11.9. The maximum absolute atomic E-state index is 12.4. The molecule has 1 aromatic carbocycles. The molecule has 1 atom stereocenters. The standard InChI is InChI=1S/C19H24Cl2N2O2/c1-4-10-19(3,21)13-23-18(24)17(20)16(11-22-23)25-12-15-8-6-14(5-2)7-9-15/h6-9,11H,4-5,10,12-13H2,1-3H3. The van der Waals surface area contributed by atoms with Gasteiger partial charge in [0.1, 0.15) is 6.61 Å². The molecule has 0 bridgehead atoms. The lowest BCUT2D eigenvalue weighted by Gasteiger charge is -2.21. The van der Waals surface area contributed by atoms with E-state index < -0.39 is 4.87 Å². The summed E-state index contributed by atoms with van der Waals surface area (Å²) in [5.74, 6) is 0.286. The predicted octanol–water partition coefficient (Wildman–Crippen LogP) is 4.84. The minimum atomic E-state index is -0.529. The van der Waals surface area contributed by atoms with Crippen LogP contribution in [0.15, 0.2) is 35.3 Å². The van der Waals surface area contributed by atoms with Crippen molar-refractivity contribution in [3.63, 3.8) is 0 Å². The Morgan fingerprint density at radius 3 is 2.44 bits per heavy atom. The highest BCUT2D eigenvalue weighted by molar-refractivity contribution is 6.31. The molecule has 4 nitrogen and oxygen atoms in total. The van der Waals surface area contributed by atoms with Crippen LogP contribution >= 0.6 is 23.2 Å². The molecule has 2 rings (SSSR count). The molecule has 0 spiro atoms. The molecule has 0 amide bonds. The molecule has 2 aromatic rings. The summed E-state index contributed by atoms with van der Waals surface area (Å²) >= 11 is 12.6. The number of aromatic nitrogens is 2. The fourth-order valence-electron chi connectivity index (χ4n) is 2.61. The van der Waals surface area contributed by atoms with Gasteiger partial charge in [0.2, 0.25) is 0 Å². The summed E-state index contributed by atoms with van der Waals surface area (Å²) in [6.07, 6.45) is 4.18. The first kappa shape index (κ1) is 19.8. The second-order valence-corrected chi connectivity index (χ2v) is 7.70. The van der Waals surface area contributed by atoms with Crippen molar-refractivity contribution < 1.29 is 4.74 Å². The van der Waals surface area contributed by atoms with E-state index in [1.54, 1.807) is 0 Å². The third kappa shape index (κ3) is 5.48. The smallest absolute Gasteiger partial charge is 0.289 e. The lowest BCUT2D eigenvalue weighted by Crippen LogP contribution is -2.33. The number of halogens is 2. The van der Waals surface area contributed by atoms with Crippen LogP contribution in [0.1, 0.15) is 44.7 Å². The molecule has 1 aromatic heterocycles. The van der Waals surface area contributed by atoms with Gasteiger partial charge in [-0.3, -0.25) is 4.79 Å². The molecule has 0 N–H and O–H groups in total. The Kier molecular flexibility index (Phi) is 6.91. The Morgan fingerprint density at radius 2 is 1.84 bits per heavy atom. The highest BCUT2D eigenvalue weighted by Gasteiger charge is 2.23. The van der Waals surface area contributed by atoms with Crippen molar-refractivity contribution in [2.75, 3.05) is 0 Å². The van der Waals surface area contributed by atoms with Crippen LogP contribution in [-0.2, 0) is 19.6 Å². The van der Waals surface area contributed by atoms with Crippen LogP contribution in [0.4, 0.5) is 0 Å². The van der Waals surface area contributed by atoms with Gasteiger partial charge in [-0.15, -0.1) is 11.6 Å². The minimum absolute atomic E-state index is 0.0316. The number of nitrogens with zero attached hydrogens (tertiary/aromatic N) is 2. The maximum Gasteiger partial charge on any atom is 0.289 e. The molecule has 6 heteroatoms. The molecule has 0 saturated carbocycles. The van der Waals surface area contributed by atoms with E-state index in [1.165, 1.54) is 16.4 Å². The molecule has 0 aliphatic heterocycles. The molecule has 136 valence electrons. The summed E-state index contributed by atoms with van der Waals surface area (Å²) in [5.41, 5.74) is 1.89. The van der Waals surface area contributed by atoms with Crippen LogP contribution in [0.5, 0.6) is 5.75 Å². The second-order valence-electron chi connectivity index (χ2n) is 6.41. The molecule has 1 heterocycles. The monoisotopic (exact) mass is 382 g/mol. The Hall–Kier alpha value is -1.52. The van der Waals surface area contributed by atoms with Gasteiger partial charge in [-0.1, -0.05) is 56.1 Å². The largest absolute Gasteiger partial charge is 0.485 e. The van der Waals surface area contributed by atoms with E-state index in [0.717, 1.165) is 24.8 Å². The number of hydrogen-bond acceptors (Lipinski definition) is 3. The summed E-state index contributed by atoms with van der Waals surface area (Å²) < 4.78 is 6.97. The lowest BCUT2D eigenvalue weighted by atomic mass is 10.1. The number of aryl methyl sites for hydroxylation is 1. The predicted molar refractivity (Wildman–Crippen MR) is 103 cm³/mol. The van der Waals surface area contributed by atoms with Crippen LogP contribution in [0.3, 0.4) is 0 Å². The van der Waals surface area contributed by atoms with Gasteiger partial charge in [0.15, 0.2) is 10.8 Å². The van der Waals surface area contributed by atoms with Crippen LogP contribution in [0, 0.1) is 0 Å². The number of rotatable bonds is 8. The third-order valence-corrected chi connectivity index (χ3v) is 4.69. The zero-order valence-corrected chi connectivity index (χ0v) is 16.4. The van der Waals surface area contributed by atoms with Gasteiger partial charge >= 0.3 is 0 Å². The van der Waals surface area contributed by atoms with Gasteiger partial charge in [-0.25, -0.2) is 4.68 Å². The van der Waals surface area contributed by atoms with E-state index in [1.807, 2.05) is 26.0 Å². The van der Waals surface area contributed by atoms with E-state index in [-0.39, 0.29) is 16.3 Å². The first-order valence-electron chi connectivity index (χ1n) is 8.51. The Bertz CT molecular complexity index is 755. The molecule has 25 heavy (non-hydrogen) atoms. The van der Waals surface area contributed by atoms with Gasteiger partial charge in [-0.2, -0.15) is 5.10 Å². The van der Waals surface area contributed by atoms with E-state index in [0.29, 0.717) is 13.2 Å². The van der Waals surface area contributed by atoms with Crippen molar-refractivity contribution in [3.8, 4) is 5.75 Å². The van der Waals surface area contributed by atoms with Gasteiger partial charge < -0.3 is 4.74 Å². The summed E-state index contributed by atoms with van der Waals surface area (Å²) in [5, 5.41) is 4.19. The summed E-state index contributed by atoms with van der Waals surface area (Å²) in [6.45, 7) is 6.69. The van der Waals surface area contributed by atoms with Gasteiger partial charge in [0.25, 0.3) is 5.56 Å². The van der Waals surface area contributed by atoms with E-state index in [2.05, 4.69) is 24.2 Å². The quantitative estimate of drug-likeness (QED) is 0.613. The minimum Gasteiger partial charge on any atom is -0.485 e. The fourth-order valence-corrected chi connectivity index (χ4v) is 3.11. The second kappa shape index (κ2) is 8.72. The van der Waals surface area contributed by atoms with Crippen LogP contribution in [0.25, 0.3) is 0 Å². The van der Waals surface area contributed by atoms with Crippen molar-refractivity contribution in [3.05, 3.63) is 57.0 Å². The van der Waals surface area contributed by atoms with Gasteiger partial charge in [0.05, 0.1) is 17.6 Å². The third-order valence-electron chi connectivity index (χ3n) is 4.03. The van der Waals surface area contributed by atoms with Crippen LogP contribution in [-0.4, -0.2) is 14.7 Å². The van der Waals surface area contributed by atoms with Crippen molar-refractivity contribution in [2.24, 2.45) is 0 Å². The molecule has 1 unspecified atom stereocenters. The molecular weight excluding hydrogens is 359 g/mol. The van der Waals surface area contributed by atoms with Gasteiger partial charge in [0, 0.05) is 0 Å². The Labute approximate surface area is 158 Å². The topological polar surface area (TPSA) is 44.1 Å². The SMILES string of the molecule is CCCC(C)(Cl)Cn1ncc(OCc2ccc(CC)cc2)c(Cl)c1=O. The number of alkyl halides is 1. The molecule has 0 saturated heterocycles. The van der Waals surface area contributed by atoms with Crippen molar-refractivity contribution in [1.29, 1.82) is 0 Å². The normalized spacial score (nSPS) is 13.5. The zero-order valence-electron chi connectivity index (χ0n) is 14.9. The highest BCUT2D eigenvalue weighted by atomic mass is 35.5. The molecule has 0 radical (unpaired) electrons. The molecule has 0 fully saturated rings. The maximum atomic E-state index is 12.4. The number of hydrogen-bond donors (Lipinski definition) is 0. The van der Waals surface area contributed by atoms with Crippen LogP contribution in [0.2, 0.25) is 5.02 Å². The van der Waals surface area contributed by atoms with Crippen LogP contribution < -0.4 is 10.3 Å². The molecular formula is C19H24Cl2N2O2. The zero-order chi connectivity index (χ0) is 18.4. The highest BCUT2D eigenvalue weighted by Crippen LogP contribution is 2.24. The Balaban J connectivity index is 2.09. The van der Waals surface area contributed by atoms with Gasteiger partial charge in [-0.05, 0) is 30.9 Å². The summed E-state index contributed by atoms with van der Waals surface area (Å²) in [6, 6.07) is 8.13. The Morgan fingerprint density at radius 1 is 1.20 bits per heavy atom. The van der Waals surface area contributed by atoms with Crippen molar-refractivity contribution in [1.82, 2.24) is 9.78 Å². The average Bonchev–Trinajstić information content (AvgIpc) is 2.58. The fraction of sp³-hybridized carbons (Fsp3) is 0.474. The van der Waals surface area contributed by atoms with E-state index in [9.17, 15) is 4.79 Å². The molecule has 0 aliphatic carbocycles. The first-order valence-corrected chi connectivity index (χ1v) is 9.27. The first-order chi connectivity index (χ1) is 11.9. The number of ether oxygens (including phenoxy) is 1. The molecule has 0 aliphatic rings. The van der Waals surface area contributed by atoms with E-state index >= 15 is 0 Å². The van der Waals surface area contributed by atoms with Crippen molar-refractivity contribution >= 4 is 23.2 Å². The lowest BCUT2D eigenvalue weighted by molar-refractivity contribution is 0.301. The summed E-state index contributed by atoms with van der Waals surface area (Å²) in [7, 11) is 0. The van der Waals surface area contributed by atoms with E-state index in [4.69, 9.17) is 27.9 Å². The average molecular weight is 383 g/mol. The number of benzene rings is 1. The van der Waals surface area contributed by atoms with Crippen molar-refractivity contribution in [2.45, 2.75) is 58.1 Å².